The van der Waals surface area contributed by atoms with Crippen molar-refractivity contribution in [2.24, 2.45) is 0 Å². The zero-order chi connectivity index (χ0) is 23.9. The van der Waals surface area contributed by atoms with Crippen LogP contribution < -0.4 is 9.62 Å². The first-order chi connectivity index (χ1) is 16.6. The molecule has 0 atom stereocenters. The van der Waals surface area contributed by atoms with E-state index in [-0.39, 0.29) is 12.4 Å². The fraction of sp³-hybridized carbons (Fsp3) is 0.103. The first-order valence-electron chi connectivity index (χ1n) is 10.7. The SMILES string of the molecule is C=C(COC)OOc1ccc(-c2ccc(-c3ccc(-c4ccc(OC)cc4)cc3)c(F)c2)cc1. The van der Waals surface area contributed by atoms with Crippen LogP contribution >= 0.6 is 0 Å². The summed E-state index contributed by atoms with van der Waals surface area (Å²) in [6.45, 7) is 3.92. The molecule has 34 heavy (non-hydrogen) atoms. The molecule has 172 valence electrons. The van der Waals surface area contributed by atoms with Crippen molar-refractivity contribution in [3.63, 3.8) is 0 Å². The molecule has 5 heteroatoms. The smallest absolute Gasteiger partial charge is 0.178 e. The third-order valence-corrected chi connectivity index (χ3v) is 5.34. The number of halogens is 1. The number of benzene rings is 4. The molecule has 0 radical (unpaired) electrons. The van der Waals surface area contributed by atoms with Crippen molar-refractivity contribution < 1.29 is 23.6 Å². The largest absolute Gasteiger partial charge is 0.497 e. The summed E-state index contributed by atoms with van der Waals surface area (Å²) in [6, 6.07) is 28.1. The summed E-state index contributed by atoms with van der Waals surface area (Å²) >= 11 is 0. The van der Waals surface area contributed by atoms with Crippen molar-refractivity contribution in [1.82, 2.24) is 0 Å². The van der Waals surface area contributed by atoms with Gasteiger partial charge in [0.25, 0.3) is 0 Å². The van der Waals surface area contributed by atoms with E-state index >= 15 is 4.39 Å². The molecule has 0 spiro atoms. The van der Waals surface area contributed by atoms with Gasteiger partial charge in [-0.1, -0.05) is 67.2 Å². The highest BCUT2D eigenvalue weighted by molar-refractivity contribution is 5.74. The van der Waals surface area contributed by atoms with E-state index in [9.17, 15) is 0 Å². The highest BCUT2D eigenvalue weighted by Crippen LogP contribution is 2.31. The van der Waals surface area contributed by atoms with Crippen LogP contribution in [0.3, 0.4) is 0 Å². The Balaban J connectivity index is 1.47. The minimum Gasteiger partial charge on any atom is -0.497 e. The molecule has 0 aromatic heterocycles. The monoisotopic (exact) mass is 456 g/mol. The van der Waals surface area contributed by atoms with E-state index < -0.39 is 0 Å². The standard InChI is InChI=1S/C29H25FO4/c1-20(19-31-2)33-34-27-15-10-23(11-16-27)25-12-17-28(29(30)18-25)24-6-4-21(5-7-24)22-8-13-26(32-3)14-9-22/h4-18H,1,19H2,2-3H3. The molecule has 0 saturated heterocycles. The van der Waals surface area contributed by atoms with Crippen molar-refractivity contribution in [3.8, 4) is 44.9 Å². The second-order valence-electron chi connectivity index (χ2n) is 7.66. The third-order valence-electron chi connectivity index (χ3n) is 5.34. The lowest BCUT2D eigenvalue weighted by atomic mass is 9.97. The summed E-state index contributed by atoms with van der Waals surface area (Å²) in [7, 11) is 3.19. The van der Waals surface area contributed by atoms with Crippen molar-refractivity contribution in [3.05, 3.63) is 109 Å². The fourth-order valence-electron chi connectivity index (χ4n) is 3.55. The summed E-state index contributed by atoms with van der Waals surface area (Å²) in [5.41, 5.74) is 5.13. The van der Waals surface area contributed by atoms with Crippen LogP contribution in [0.1, 0.15) is 0 Å². The first kappa shape index (κ1) is 23.1. The molecule has 4 aromatic carbocycles. The Morgan fingerprint density at radius 1 is 0.676 bits per heavy atom. The number of hydrogen-bond acceptors (Lipinski definition) is 4. The van der Waals surface area contributed by atoms with Gasteiger partial charge in [0.2, 0.25) is 0 Å². The van der Waals surface area contributed by atoms with E-state index in [1.165, 1.54) is 0 Å². The van der Waals surface area contributed by atoms with Crippen molar-refractivity contribution in [2.75, 3.05) is 20.8 Å². The zero-order valence-corrected chi connectivity index (χ0v) is 19.1. The summed E-state index contributed by atoms with van der Waals surface area (Å²) in [5.74, 6) is 1.40. The molecule has 0 N–H and O–H groups in total. The fourth-order valence-corrected chi connectivity index (χ4v) is 3.55. The lowest BCUT2D eigenvalue weighted by molar-refractivity contribution is -0.173. The molecule has 0 heterocycles. The van der Waals surface area contributed by atoms with E-state index in [4.69, 9.17) is 19.2 Å². The molecule has 0 aliphatic carbocycles. The molecule has 0 bridgehead atoms. The minimum atomic E-state index is -0.283. The Labute approximate surface area is 198 Å². The molecule has 0 aliphatic heterocycles. The summed E-state index contributed by atoms with van der Waals surface area (Å²) in [6.07, 6.45) is 0. The number of methoxy groups -OCH3 is 2. The average Bonchev–Trinajstić information content (AvgIpc) is 2.88. The lowest BCUT2D eigenvalue weighted by Gasteiger charge is -2.10. The van der Waals surface area contributed by atoms with Gasteiger partial charge in [0.15, 0.2) is 11.5 Å². The number of rotatable bonds is 9. The Hall–Kier alpha value is -4.09. The van der Waals surface area contributed by atoms with Crippen LogP contribution in [0.2, 0.25) is 0 Å². The lowest BCUT2D eigenvalue weighted by Crippen LogP contribution is -2.01. The molecule has 0 fully saturated rings. The van der Waals surface area contributed by atoms with Gasteiger partial charge < -0.3 is 9.47 Å². The van der Waals surface area contributed by atoms with Gasteiger partial charge in [0.05, 0.1) is 7.11 Å². The van der Waals surface area contributed by atoms with Gasteiger partial charge in [0.1, 0.15) is 18.2 Å². The summed E-state index contributed by atoms with van der Waals surface area (Å²) < 4.78 is 25.1. The normalized spacial score (nSPS) is 10.6. The van der Waals surface area contributed by atoms with Crippen LogP contribution in [-0.2, 0) is 9.62 Å². The van der Waals surface area contributed by atoms with Crippen LogP contribution in [0.4, 0.5) is 4.39 Å². The Kier molecular flexibility index (Phi) is 7.25. The molecule has 0 unspecified atom stereocenters. The molecular weight excluding hydrogens is 431 g/mol. The van der Waals surface area contributed by atoms with Gasteiger partial charge in [0, 0.05) is 12.7 Å². The maximum absolute atomic E-state index is 15.0. The van der Waals surface area contributed by atoms with Crippen LogP contribution in [0.5, 0.6) is 11.5 Å². The Bertz CT molecular complexity index is 1250. The molecular formula is C29H25FO4. The van der Waals surface area contributed by atoms with E-state index in [2.05, 4.69) is 6.58 Å². The third kappa shape index (κ3) is 5.45. The predicted molar refractivity (Wildman–Crippen MR) is 132 cm³/mol. The first-order valence-corrected chi connectivity index (χ1v) is 10.7. The summed E-state index contributed by atoms with van der Waals surface area (Å²) in [4.78, 5) is 10.3. The second-order valence-corrected chi connectivity index (χ2v) is 7.66. The molecule has 0 aliphatic rings. The maximum Gasteiger partial charge on any atom is 0.178 e. The van der Waals surface area contributed by atoms with Gasteiger partial charge in [-0.25, -0.2) is 4.39 Å². The van der Waals surface area contributed by atoms with Crippen LogP contribution in [-0.4, -0.2) is 20.8 Å². The van der Waals surface area contributed by atoms with Crippen LogP contribution in [0.25, 0.3) is 33.4 Å². The second kappa shape index (κ2) is 10.7. The van der Waals surface area contributed by atoms with Gasteiger partial charge >= 0.3 is 0 Å². The maximum atomic E-state index is 15.0. The van der Waals surface area contributed by atoms with E-state index in [1.807, 2.05) is 66.7 Å². The zero-order valence-electron chi connectivity index (χ0n) is 19.1. The average molecular weight is 457 g/mol. The topological polar surface area (TPSA) is 36.9 Å². The van der Waals surface area contributed by atoms with Crippen molar-refractivity contribution in [1.29, 1.82) is 0 Å². The molecule has 4 nitrogen and oxygen atoms in total. The number of hydrogen-bond donors (Lipinski definition) is 0. The highest BCUT2D eigenvalue weighted by Gasteiger charge is 2.09. The molecule has 0 saturated carbocycles. The van der Waals surface area contributed by atoms with Crippen molar-refractivity contribution in [2.45, 2.75) is 0 Å². The summed E-state index contributed by atoms with van der Waals surface area (Å²) in [5, 5.41) is 0. The van der Waals surface area contributed by atoms with Crippen LogP contribution in [0.15, 0.2) is 103 Å². The van der Waals surface area contributed by atoms with Gasteiger partial charge in [-0.15, -0.1) is 0 Å². The minimum absolute atomic E-state index is 0.244. The number of ether oxygens (including phenoxy) is 2. The van der Waals surface area contributed by atoms with E-state index in [0.29, 0.717) is 17.1 Å². The van der Waals surface area contributed by atoms with Crippen LogP contribution in [0, 0.1) is 5.82 Å². The quantitative estimate of drug-likeness (QED) is 0.150. The van der Waals surface area contributed by atoms with E-state index in [0.717, 1.165) is 33.6 Å². The van der Waals surface area contributed by atoms with E-state index in [1.54, 1.807) is 38.5 Å². The van der Waals surface area contributed by atoms with Gasteiger partial charge in [-0.3, -0.25) is 9.78 Å². The predicted octanol–water partition coefficient (Wildman–Crippen LogP) is 7.31. The Morgan fingerprint density at radius 2 is 1.18 bits per heavy atom. The molecule has 4 rings (SSSR count). The Morgan fingerprint density at radius 3 is 1.74 bits per heavy atom. The van der Waals surface area contributed by atoms with Gasteiger partial charge in [-0.2, -0.15) is 0 Å². The molecule has 0 amide bonds. The highest BCUT2D eigenvalue weighted by atomic mass is 19.1. The van der Waals surface area contributed by atoms with Crippen molar-refractivity contribution >= 4 is 0 Å². The molecule has 4 aromatic rings. The van der Waals surface area contributed by atoms with Gasteiger partial charge in [-0.05, 0) is 58.1 Å².